The summed E-state index contributed by atoms with van der Waals surface area (Å²) >= 11 is 0. The van der Waals surface area contributed by atoms with Gasteiger partial charge in [0.2, 0.25) is 5.91 Å². The lowest BCUT2D eigenvalue weighted by molar-refractivity contribution is -0.130. The van der Waals surface area contributed by atoms with Gasteiger partial charge in [-0.3, -0.25) is 4.79 Å². The summed E-state index contributed by atoms with van der Waals surface area (Å²) in [5, 5.41) is 3.21. The minimum Gasteiger partial charge on any atom is -0.487 e. The number of carbonyl (C=O) groups is 1. The van der Waals surface area contributed by atoms with E-state index in [1.54, 1.807) is 0 Å². The van der Waals surface area contributed by atoms with Crippen LogP contribution in [0.5, 0.6) is 5.75 Å². The summed E-state index contributed by atoms with van der Waals surface area (Å²) in [5.74, 6) is 0.884. The molecule has 23 heavy (non-hydrogen) atoms. The highest BCUT2D eigenvalue weighted by molar-refractivity contribution is 5.81. The molecule has 1 amide bonds. The number of anilines is 1. The monoisotopic (exact) mass is 316 g/mol. The van der Waals surface area contributed by atoms with E-state index in [1.807, 2.05) is 43.1 Å². The summed E-state index contributed by atoms with van der Waals surface area (Å²) < 4.78 is 5.72. The SMILES string of the molecule is C=C(C)COc1ccccc1NCC(=O)N(C)C1CCCCC1. The number of carbonyl (C=O) groups excluding carboxylic acids is 1. The van der Waals surface area contributed by atoms with Crippen molar-refractivity contribution in [3.05, 3.63) is 36.4 Å². The van der Waals surface area contributed by atoms with Crippen LogP contribution in [0.3, 0.4) is 0 Å². The summed E-state index contributed by atoms with van der Waals surface area (Å²) in [6.45, 7) is 6.54. The molecule has 1 aliphatic rings. The van der Waals surface area contributed by atoms with Gasteiger partial charge in [-0.1, -0.05) is 38.0 Å². The molecule has 0 saturated heterocycles. The fourth-order valence-corrected chi connectivity index (χ4v) is 2.91. The molecule has 1 aromatic rings. The van der Waals surface area contributed by atoms with Crippen LogP contribution >= 0.6 is 0 Å². The Bertz CT molecular complexity index is 536. The average Bonchev–Trinajstić information content (AvgIpc) is 2.58. The first-order valence-electron chi connectivity index (χ1n) is 8.43. The summed E-state index contributed by atoms with van der Waals surface area (Å²) in [6.07, 6.45) is 6.01. The smallest absolute Gasteiger partial charge is 0.241 e. The molecule has 0 aliphatic heterocycles. The van der Waals surface area contributed by atoms with Gasteiger partial charge in [-0.15, -0.1) is 0 Å². The van der Waals surface area contributed by atoms with Gasteiger partial charge < -0.3 is 15.0 Å². The Morgan fingerprint density at radius 1 is 1.30 bits per heavy atom. The Morgan fingerprint density at radius 2 is 2.00 bits per heavy atom. The highest BCUT2D eigenvalue weighted by Gasteiger charge is 2.21. The minimum atomic E-state index is 0.131. The van der Waals surface area contributed by atoms with Crippen molar-refractivity contribution in [3.8, 4) is 5.75 Å². The third-order valence-corrected chi connectivity index (χ3v) is 4.31. The maximum atomic E-state index is 12.4. The zero-order valence-electron chi connectivity index (χ0n) is 14.3. The van der Waals surface area contributed by atoms with Crippen molar-refractivity contribution in [2.24, 2.45) is 0 Å². The van der Waals surface area contributed by atoms with Crippen molar-refractivity contribution >= 4 is 11.6 Å². The van der Waals surface area contributed by atoms with Gasteiger partial charge in [0.25, 0.3) is 0 Å². The van der Waals surface area contributed by atoms with Gasteiger partial charge in [0.15, 0.2) is 0 Å². The van der Waals surface area contributed by atoms with Crippen LogP contribution < -0.4 is 10.1 Å². The second-order valence-electron chi connectivity index (χ2n) is 6.39. The molecule has 0 heterocycles. The Hall–Kier alpha value is -1.97. The molecule has 1 saturated carbocycles. The van der Waals surface area contributed by atoms with Crippen molar-refractivity contribution < 1.29 is 9.53 Å². The van der Waals surface area contributed by atoms with Crippen LogP contribution in [0.25, 0.3) is 0 Å². The minimum absolute atomic E-state index is 0.131. The van der Waals surface area contributed by atoms with E-state index in [-0.39, 0.29) is 5.91 Å². The Balaban J connectivity index is 1.89. The Kier molecular flexibility index (Phi) is 6.51. The molecule has 0 bridgehead atoms. The van der Waals surface area contributed by atoms with Crippen LogP contribution in [0.4, 0.5) is 5.69 Å². The van der Waals surface area contributed by atoms with Gasteiger partial charge >= 0.3 is 0 Å². The molecule has 4 heteroatoms. The summed E-state index contributed by atoms with van der Waals surface area (Å²) in [5.41, 5.74) is 1.81. The van der Waals surface area contributed by atoms with Crippen LogP contribution in [0.15, 0.2) is 36.4 Å². The average molecular weight is 316 g/mol. The van der Waals surface area contributed by atoms with Gasteiger partial charge in [0, 0.05) is 13.1 Å². The van der Waals surface area contributed by atoms with Crippen molar-refractivity contribution in [2.75, 3.05) is 25.5 Å². The van der Waals surface area contributed by atoms with Crippen LogP contribution in [-0.4, -0.2) is 37.0 Å². The second-order valence-corrected chi connectivity index (χ2v) is 6.39. The fraction of sp³-hybridized carbons (Fsp3) is 0.526. The van der Waals surface area contributed by atoms with Crippen LogP contribution in [0.1, 0.15) is 39.0 Å². The number of likely N-dealkylation sites (N-methyl/N-ethyl adjacent to an activating group) is 1. The number of amides is 1. The first-order valence-corrected chi connectivity index (χ1v) is 8.43. The normalized spacial score (nSPS) is 15.0. The van der Waals surface area contributed by atoms with E-state index in [9.17, 15) is 4.79 Å². The molecule has 0 atom stereocenters. The Labute approximate surface area is 139 Å². The molecular weight excluding hydrogens is 288 g/mol. The molecule has 1 aliphatic carbocycles. The maximum absolute atomic E-state index is 12.4. The van der Waals surface area contributed by atoms with Crippen LogP contribution in [-0.2, 0) is 4.79 Å². The molecule has 0 aromatic heterocycles. The predicted molar refractivity (Wildman–Crippen MR) is 94.9 cm³/mol. The first kappa shape index (κ1) is 17.4. The van der Waals surface area contributed by atoms with E-state index < -0.39 is 0 Å². The summed E-state index contributed by atoms with van der Waals surface area (Å²) in [6, 6.07) is 8.09. The van der Waals surface area contributed by atoms with E-state index in [1.165, 1.54) is 19.3 Å². The molecule has 0 spiro atoms. The predicted octanol–water partition coefficient (Wildman–Crippen LogP) is 3.84. The number of hydrogen-bond acceptors (Lipinski definition) is 3. The molecule has 0 unspecified atom stereocenters. The molecular formula is C19H28N2O2. The number of benzene rings is 1. The Morgan fingerprint density at radius 3 is 2.70 bits per heavy atom. The van der Waals surface area contributed by atoms with Crippen molar-refractivity contribution in [3.63, 3.8) is 0 Å². The van der Waals surface area contributed by atoms with E-state index in [0.717, 1.165) is 29.9 Å². The molecule has 1 N–H and O–H groups in total. The van der Waals surface area contributed by atoms with Gasteiger partial charge in [0.1, 0.15) is 12.4 Å². The lowest BCUT2D eigenvalue weighted by Crippen LogP contribution is -2.41. The van der Waals surface area contributed by atoms with Gasteiger partial charge in [-0.05, 0) is 37.5 Å². The molecule has 4 nitrogen and oxygen atoms in total. The summed E-state index contributed by atoms with van der Waals surface area (Å²) in [4.78, 5) is 14.3. The number of ether oxygens (including phenoxy) is 1. The molecule has 1 fully saturated rings. The molecule has 1 aromatic carbocycles. The zero-order valence-corrected chi connectivity index (χ0v) is 14.3. The zero-order chi connectivity index (χ0) is 16.7. The molecule has 0 radical (unpaired) electrons. The van der Waals surface area contributed by atoms with E-state index in [0.29, 0.717) is 19.2 Å². The number of hydrogen-bond donors (Lipinski definition) is 1. The fourth-order valence-electron chi connectivity index (χ4n) is 2.91. The van der Waals surface area contributed by atoms with Gasteiger partial charge in [0.05, 0.1) is 12.2 Å². The van der Waals surface area contributed by atoms with Crippen LogP contribution in [0, 0.1) is 0 Å². The summed E-state index contributed by atoms with van der Waals surface area (Å²) in [7, 11) is 1.92. The van der Waals surface area contributed by atoms with Gasteiger partial charge in [-0.25, -0.2) is 0 Å². The van der Waals surface area contributed by atoms with Gasteiger partial charge in [-0.2, -0.15) is 0 Å². The van der Waals surface area contributed by atoms with Crippen molar-refractivity contribution in [1.82, 2.24) is 4.90 Å². The third kappa shape index (κ3) is 5.31. The number of nitrogens with zero attached hydrogens (tertiary/aromatic N) is 1. The largest absolute Gasteiger partial charge is 0.487 e. The number of para-hydroxylation sites is 2. The lowest BCUT2D eigenvalue weighted by atomic mass is 9.94. The van der Waals surface area contributed by atoms with Crippen LogP contribution in [0.2, 0.25) is 0 Å². The standard InChI is InChI=1S/C19H28N2O2/c1-15(2)14-23-18-12-8-7-11-17(18)20-13-19(22)21(3)16-9-5-4-6-10-16/h7-8,11-12,16,20H,1,4-6,9-10,13-14H2,2-3H3. The third-order valence-electron chi connectivity index (χ3n) is 4.31. The number of rotatable bonds is 7. The molecule has 2 rings (SSSR count). The quantitative estimate of drug-likeness (QED) is 0.777. The van der Waals surface area contributed by atoms with E-state index >= 15 is 0 Å². The highest BCUT2D eigenvalue weighted by atomic mass is 16.5. The highest BCUT2D eigenvalue weighted by Crippen LogP contribution is 2.25. The van der Waals surface area contributed by atoms with E-state index in [4.69, 9.17) is 4.74 Å². The van der Waals surface area contributed by atoms with E-state index in [2.05, 4.69) is 11.9 Å². The van der Waals surface area contributed by atoms with Crippen molar-refractivity contribution in [1.29, 1.82) is 0 Å². The first-order chi connectivity index (χ1) is 11.1. The molecule has 126 valence electrons. The van der Waals surface area contributed by atoms with Crippen molar-refractivity contribution in [2.45, 2.75) is 45.1 Å². The number of nitrogens with one attached hydrogen (secondary N) is 1. The second kappa shape index (κ2) is 8.61. The maximum Gasteiger partial charge on any atom is 0.241 e. The lowest BCUT2D eigenvalue weighted by Gasteiger charge is -2.31. The topological polar surface area (TPSA) is 41.6 Å².